The molecule has 1 unspecified atom stereocenters. The first kappa shape index (κ1) is 10.2. The second-order valence-corrected chi connectivity index (χ2v) is 3.42. The van der Waals surface area contributed by atoms with Crippen molar-refractivity contribution >= 4 is 0 Å². The van der Waals surface area contributed by atoms with Gasteiger partial charge in [-0.15, -0.1) is 0 Å². The Balaban J connectivity index is 2.41. The van der Waals surface area contributed by atoms with E-state index in [1.54, 1.807) is 0 Å². The van der Waals surface area contributed by atoms with Gasteiger partial charge < -0.3 is 0 Å². The van der Waals surface area contributed by atoms with Gasteiger partial charge in [-0.2, -0.15) is 0 Å². The van der Waals surface area contributed by atoms with Gasteiger partial charge in [-0.25, -0.2) is 8.78 Å². The topological polar surface area (TPSA) is 0 Å². The Morgan fingerprint density at radius 1 is 1.15 bits per heavy atom. The van der Waals surface area contributed by atoms with E-state index in [-0.39, 0.29) is 12.3 Å². The molecule has 0 saturated carbocycles. The maximum atomic E-state index is 12.0. The number of halogens is 2. The minimum atomic E-state index is -2.18. The first-order chi connectivity index (χ1) is 6.18. The molecule has 0 fully saturated rings. The second-order valence-electron chi connectivity index (χ2n) is 3.42. The van der Waals surface area contributed by atoms with Crippen LogP contribution < -0.4 is 0 Å². The number of rotatable bonds is 4. The van der Waals surface area contributed by atoms with Crippen molar-refractivity contribution in [3.8, 4) is 0 Å². The van der Waals surface area contributed by atoms with Crippen LogP contribution in [0.15, 0.2) is 30.3 Å². The molecule has 1 rings (SSSR count). The summed E-state index contributed by atoms with van der Waals surface area (Å²) in [5.74, 6) is 0.0578. The molecule has 0 aliphatic rings. The summed E-state index contributed by atoms with van der Waals surface area (Å²) in [7, 11) is 0. The summed E-state index contributed by atoms with van der Waals surface area (Å²) < 4.78 is 24.0. The van der Waals surface area contributed by atoms with Crippen LogP contribution in [-0.2, 0) is 6.42 Å². The molecule has 0 aliphatic heterocycles. The van der Waals surface area contributed by atoms with Crippen molar-refractivity contribution in [2.75, 3.05) is 0 Å². The van der Waals surface area contributed by atoms with Gasteiger partial charge in [0, 0.05) is 6.42 Å². The van der Waals surface area contributed by atoms with Crippen LogP contribution >= 0.6 is 0 Å². The Bertz CT molecular complexity index is 231. The molecule has 72 valence electrons. The van der Waals surface area contributed by atoms with Crippen LogP contribution in [0.3, 0.4) is 0 Å². The summed E-state index contributed by atoms with van der Waals surface area (Å²) in [4.78, 5) is 0. The average molecular weight is 184 g/mol. The van der Waals surface area contributed by atoms with E-state index >= 15 is 0 Å². The molecule has 0 amide bonds. The monoisotopic (exact) mass is 184 g/mol. The quantitative estimate of drug-likeness (QED) is 0.671. The summed E-state index contributed by atoms with van der Waals surface area (Å²) in [6, 6.07) is 9.75. The van der Waals surface area contributed by atoms with Gasteiger partial charge in [-0.3, -0.25) is 0 Å². The largest absolute Gasteiger partial charge is 0.238 e. The highest BCUT2D eigenvalue weighted by Gasteiger charge is 2.10. The van der Waals surface area contributed by atoms with Crippen molar-refractivity contribution in [1.82, 2.24) is 0 Å². The lowest BCUT2D eigenvalue weighted by atomic mass is 9.98. The number of alkyl halides is 2. The maximum Gasteiger partial charge on any atom is 0.238 e. The molecule has 13 heavy (non-hydrogen) atoms. The van der Waals surface area contributed by atoms with E-state index in [4.69, 9.17) is 0 Å². The average Bonchev–Trinajstić information content (AvgIpc) is 2.04. The summed E-state index contributed by atoms with van der Waals surface area (Å²) in [5, 5.41) is 0. The lowest BCUT2D eigenvalue weighted by Crippen LogP contribution is -2.05. The van der Waals surface area contributed by atoms with Crippen molar-refractivity contribution in [3.63, 3.8) is 0 Å². The molecular formula is C11H14F2. The van der Waals surface area contributed by atoms with Gasteiger partial charge in [-0.05, 0) is 17.9 Å². The van der Waals surface area contributed by atoms with E-state index in [1.165, 1.54) is 0 Å². The van der Waals surface area contributed by atoms with Gasteiger partial charge >= 0.3 is 0 Å². The molecule has 0 heterocycles. The molecule has 0 aromatic heterocycles. The van der Waals surface area contributed by atoms with Gasteiger partial charge in [0.05, 0.1) is 0 Å². The van der Waals surface area contributed by atoms with E-state index in [1.807, 2.05) is 37.3 Å². The van der Waals surface area contributed by atoms with Crippen LogP contribution in [0.25, 0.3) is 0 Å². The molecule has 1 aromatic carbocycles. The van der Waals surface area contributed by atoms with E-state index in [9.17, 15) is 8.78 Å². The summed E-state index contributed by atoms with van der Waals surface area (Å²) in [6.45, 7) is 1.86. The zero-order chi connectivity index (χ0) is 9.68. The Morgan fingerprint density at radius 3 is 2.31 bits per heavy atom. The molecule has 0 nitrogen and oxygen atoms in total. The highest BCUT2D eigenvalue weighted by molar-refractivity contribution is 5.14. The number of hydrogen-bond donors (Lipinski definition) is 0. The van der Waals surface area contributed by atoms with Crippen LogP contribution in [0.2, 0.25) is 0 Å². The van der Waals surface area contributed by atoms with Crippen molar-refractivity contribution in [2.45, 2.75) is 26.2 Å². The summed E-state index contributed by atoms with van der Waals surface area (Å²) >= 11 is 0. The number of hydrogen-bond acceptors (Lipinski definition) is 0. The fourth-order valence-corrected chi connectivity index (χ4v) is 1.40. The molecular weight excluding hydrogens is 170 g/mol. The predicted molar refractivity (Wildman–Crippen MR) is 49.9 cm³/mol. The van der Waals surface area contributed by atoms with Crippen LogP contribution in [-0.4, -0.2) is 6.43 Å². The van der Waals surface area contributed by atoms with Crippen molar-refractivity contribution < 1.29 is 8.78 Å². The first-order valence-electron chi connectivity index (χ1n) is 4.50. The van der Waals surface area contributed by atoms with E-state index in [2.05, 4.69) is 0 Å². The lowest BCUT2D eigenvalue weighted by molar-refractivity contribution is 0.118. The summed E-state index contributed by atoms with van der Waals surface area (Å²) in [6.07, 6.45) is -1.45. The Hall–Kier alpha value is -0.920. The lowest BCUT2D eigenvalue weighted by Gasteiger charge is -2.09. The molecule has 0 aliphatic carbocycles. The van der Waals surface area contributed by atoms with Gasteiger partial charge in [0.25, 0.3) is 0 Å². The molecule has 2 heteroatoms. The minimum Gasteiger partial charge on any atom is -0.211 e. The fourth-order valence-electron chi connectivity index (χ4n) is 1.40. The van der Waals surface area contributed by atoms with Crippen molar-refractivity contribution in [3.05, 3.63) is 35.9 Å². The highest BCUT2D eigenvalue weighted by Crippen LogP contribution is 2.15. The van der Waals surface area contributed by atoms with Gasteiger partial charge in [0.1, 0.15) is 0 Å². The van der Waals surface area contributed by atoms with Crippen LogP contribution in [0.5, 0.6) is 0 Å². The third-order valence-electron chi connectivity index (χ3n) is 2.01. The second kappa shape index (κ2) is 4.95. The Labute approximate surface area is 77.6 Å². The van der Waals surface area contributed by atoms with Gasteiger partial charge in [-0.1, -0.05) is 37.3 Å². The third-order valence-corrected chi connectivity index (χ3v) is 2.01. The van der Waals surface area contributed by atoms with Crippen molar-refractivity contribution in [1.29, 1.82) is 0 Å². The molecule has 1 atom stereocenters. The van der Waals surface area contributed by atoms with Gasteiger partial charge in [0.2, 0.25) is 6.43 Å². The maximum absolute atomic E-state index is 12.0. The molecule has 0 spiro atoms. The van der Waals surface area contributed by atoms with Crippen LogP contribution in [0, 0.1) is 5.92 Å². The van der Waals surface area contributed by atoms with E-state index in [0.717, 1.165) is 12.0 Å². The molecule has 1 aromatic rings. The van der Waals surface area contributed by atoms with E-state index in [0.29, 0.717) is 0 Å². The Kier molecular flexibility index (Phi) is 3.87. The standard InChI is InChI=1S/C11H14F2/c1-9(8-11(12)13)7-10-5-3-2-4-6-10/h2-6,9,11H,7-8H2,1H3. The van der Waals surface area contributed by atoms with Crippen molar-refractivity contribution in [2.24, 2.45) is 5.92 Å². The first-order valence-corrected chi connectivity index (χ1v) is 4.50. The third kappa shape index (κ3) is 4.02. The molecule has 0 radical (unpaired) electrons. The van der Waals surface area contributed by atoms with Crippen LogP contribution in [0.4, 0.5) is 8.78 Å². The normalized spacial score (nSPS) is 13.2. The SMILES string of the molecule is CC(Cc1ccccc1)CC(F)F. The number of benzene rings is 1. The van der Waals surface area contributed by atoms with E-state index < -0.39 is 6.43 Å². The predicted octanol–water partition coefficient (Wildman–Crippen LogP) is 3.52. The molecule has 0 bridgehead atoms. The Morgan fingerprint density at radius 2 is 1.77 bits per heavy atom. The summed E-state index contributed by atoms with van der Waals surface area (Å²) in [5.41, 5.74) is 1.13. The van der Waals surface area contributed by atoms with Crippen LogP contribution in [0.1, 0.15) is 18.9 Å². The molecule has 0 N–H and O–H groups in total. The highest BCUT2D eigenvalue weighted by atomic mass is 19.3. The molecule has 0 saturated heterocycles. The van der Waals surface area contributed by atoms with Gasteiger partial charge in [0.15, 0.2) is 0 Å². The minimum absolute atomic E-state index is 0.00507. The zero-order valence-electron chi connectivity index (χ0n) is 7.71. The zero-order valence-corrected chi connectivity index (χ0v) is 7.71. The fraction of sp³-hybridized carbons (Fsp3) is 0.455. The smallest absolute Gasteiger partial charge is 0.211 e.